The van der Waals surface area contributed by atoms with Crippen LogP contribution in [0.2, 0.25) is 0 Å². The summed E-state index contributed by atoms with van der Waals surface area (Å²) < 4.78 is 0. The first-order chi connectivity index (χ1) is 9.12. The van der Waals surface area contributed by atoms with Crippen molar-refractivity contribution in [2.75, 3.05) is 6.54 Å². The van der Waals surface area contributed by atoms with Gasteiger partial charge in [0.1, 0.15) is 0 Å². The number of nitrogens with two attached hydrogens (primary N) is 1. The number of benzene rings is 1. The van der Waals surface area contributed by atoms with Gasteiger partial charge in [0.25, 0.3) is 0 Å². The number of hydrogen-bond donors (Lipinski definition) is 2. The molecule has 1 aliphatic carbocycles. The standard InChI is InChI=1S/C16H24N2O.ClH/c1-13(17)11-15(19)18-12-16(9-5-6-10-16)14-7-3-2-4-8-14;/h2-4,7-8,13H,5-6,9-12,17H2,1H3,(H,18,19);1H. The van der Waals surface area contributed by atoms with Crippen LogP contribution in [0.15, 0.2) is 30.3 Å². The molecule has 0 saturated heterocycles. The molecule has 3 N–H and O–H groups in total. The molecule has 1 aromatic carbocycles. The fourth-order valence-electron chi connectivity index (χ4n) is 3.04. The van der Waals surface area contributed by atoms with E-state index in [9.17, 15) is 4.79 Å². The summed E-state index contributed by atoms with van der Waals surface area (Å²) in [4.78, 5) is 11.8. The Balaban J connectivity index is 0.00000200. The van der Waals surface area contributed by atoms with Gasteiger partial charge in [-0.15, -0.1) is 12.4 Å². The van der Waals surface area contributed by atoms with Crippen molar-refractivity contribution in [2.24, 2.45) is 5.73 Å². The smallest absolute Gasteiger partial charge is 0.221 e. The van der Waals surface area contributed by atoms with E-state index in [1.54, 1.807) is 0 Å². The van der Waals surface area contributed by atoms with Crippen LogP contribution in [0.1, 0.15) is 44.6 Å². The van der Waals surface area contributed by atoms with Gasteiger partial charge in [-0.3, -0.25) is 4.79 Å². The van der Waals surface area contributed by atoms with Gasteiger partial charge in [-0.1, -0.05) is 43.2 Å². The number of halogens is 1. The first-order valence-corrected chi connectivity index (χ1v) is 7.20. The van der Waals surface area contributed by atoms with Crippen molar-refractivity contribution in [1.82, 2.24) is 5.32 Å². The molecule has 20 heavy (non-hydrogen) atoms. The lowest BCUT2D eigenvalue weighted by Crippen LogP contribution is -2.40. The Morgan fingerprint density at radius 1 is 1.30 bits per heavy atom. The molecule has 3 nitrogen and oxygen atoms in total. The molecule has 0 heterocycles. The third-order valence-electron chi connectivity index (χ3n) is 4.08. The van der Waals surface area contributed by atoms with Gasteiger partial charge in [-0.2, -0.15) is 0 Å². The summed E-state index contributed by atoms with van der Waals surface area (Å²) in [6.07, 6.45) is 5.23. The Morgan fingerprint density at radius 3 is 2.45 bits per heavy atom. The minimum absolute atomic E-state index is 0. The molecule has 1 atom stereocenters. The van der Waals surface area contributed by atoms with Gasteiger partial charge in [0.05, 0.1) is 0 Å². The van der Waals surface area contributed by atoms with Crippen molar-refractivity contribution in [3.8, 4) is 0 Å². The van der Waals surface area contributed by atoms with Crippen LogP contribution in [-0.4, -0.2) is 18.5 Å². The molecule has 4 heteroatoms. The second-order valence-corrected chi connectivity index (χ2v) is 5.81. The summed E-state index contributed by atoms with van der Waals surface area (Å²) in [7, 11) is 0. The zero-order valence-electron chi connectivity index (χ0n) is 12.1. The van der Waals surface area contributed by atoms with E-state index in [-0.39, 0.29) is 29.8 Å². The molecule has 2 rings (SSSR count). The third kappa shape index (κ3) is 4.22. The van der Waals surface area contributed by atoms with Crippen molar-refractivity contribution in [3.05, 3.63) is 35.9 Å². The van der Waals surface area contributed by atoms with Gasteiger partial charge >= 0.3 is 0 Å². The molecule has 0 aliphatic heterocycles. The van der Waals surface area contributed by atoms with Crippen molar-refractivity contribution in [3.63, 3.8) is 0 Å². The summed E-state index contributed by atoms with van der Waals surface area (Å²) in [5.74, 6) is 0.0669. The average molecular weight is 297 g/mol. The van der Waals surface area contributed by atoms with E-state index in [0.29, 0.717) is 6.42 Å². The third-order valence-corrected chi connectivity index (χ3v) is 4.08. The van der Waals surface area contributed by atoms with E-state index in [1.165, 1.54) is 18.4 Å². The van der Waals surface area contributed by atoms with Gasteiger partial charge < -0.3 is 11.1 Å². The SMILES string of the molecule is CC(N)CC(=O)NCC1(c2ccccc2)CCCC1.Cl. The second kappa shape index (κ2) is 7.65. The molecule has 1 aromatic rings. The zero-order valence-corrected chi connectivity index (χ0v) is 12.9. The maximum Gasteiger partial charge on any atom is 0.221 e. The van der Waals surface area contributed by atoms with E-state index >= 15 is 0 Å². The van der Waals surface area contributed by atoms with Gasteiger partial charge in [0, 0.05) is 24.4 Å². The Morgan fingerprint density at radius 2 is 1.90 bits per heavy atom. The minimum atomic E-state index is -0.0729. The van der Waals surface area contributed by atoms with Crippen LogP contribution >= 0.6 is 12.4 Å². The van der Waals surface area contributed by atoms with Gasteiger partial charge in [-0.05, 0) is 25.3 Å². The number of carbonyl (C=O) groups is 1. The Hall–Kier alpha value is -1.06. The Bertz CT molecular complexity index is 414. The van der Waals surface area contributed by atoms with Crippen molar-refractivity contribution >= 4 is 18.3 Å². The van der Waals surface area contributed by atoms with E-state index in [4.69, 9.17) is 5.73 Å². The highest BCUT2D eigenvalue weighted by atomic mass is 35.5. The number of carbonyl (C=O) groups excluding carboxylic acids is 1. The molecular weight excluding hydrogens is 272 g/mol. The lowest BCUT2D eigenvalue weighted by atomic mass is 9.79. The van der Waals surface area contributed by atoms with Gasteiger partial charge in [0.2, 0.25) is 5.91 Å². The first-order valence-electron chi connectivity index (χ1n) is 7.20. The average Bonchev–Trinajstić information content (AvgIpc) is 2.87. The van der Waals surface area contributed by atoms with Crippen LogP contribution in [0.4, 0.5) is 0 Å². The normalized spacial score (nSPS) is 18.1. The second-order valence-electron chi connectivity index (χ2n) is 5.81. The number of amides is 1. The van der Waals surface area contributed by atoms with Crippen molar-refractivity contribution < 1.29 is 4.79 Å². The number of rotatable bonds is 5. The molecule has 1 saturated carbocycles. The number of hydrogen-bond acceptors (Lipinski definition) is 2. The fraction of sp³-hybridized carbons (Fsp3) is 0.562. The van der Waals surface area contributed by atoms with E-state index in [0.717, 1.165) is 19.4 Å². The molecule has 1 amide bonds. The molecule has 1 aliphatic rings. The zero-order chi connectivity index (χ0) is 13.7. The largest absolute Gasteiger partial charge is 0.355 e. The molecule has 1 unspecified atom stereocenters. The van der Waals surface area contributed by atoms with Crippen molar-refractivity contribution in [2.45, 2.75) is 50.5 Å². The Labute approximate surface area is 127 Å². The number of nitrogens with one attached hydrogen (secondary N) is 1. The summed E-state index contributed by atoms with van der Waals surface area (Å²) in [6, 6.07) is 10.5. The molecule has 112 valence electrons. The topological polar surface area (TPSA) is 55.1 Å². The lowest BCUT2D eigenvalue weighted by molar-refractivity contribution is -0.121. The minimum Gasteiger partial charge on any atom is -0.355 e. The van der Waals surface area contributed by atoms with E-state index < -0.39 is 0 Å². The highest BCUT2D eigenvalue weighted by Crippen LogP contribution is 2.40. The first kappa shape index (κ1) is 17.0. The highest BCUT2D eigenvalue weighted by Gasteiger charge is 2.35. The molecule has 1 fully saturated rings. The monoisotopic (exact) mass is 296 g/mol. The molecular formula is C16H25ClN2O. The predicted molar refractivity (Wildman–Crippen MR) is 85.1 cm³/mol. The van der Waals surface area contributed by atoms with Crippen molar-refractivity contribution in [1.29, 1.82) is 0 Å². The quantitative estimate of drug-likeness (QED) is 0.878. The van der Waals surface area contributed by atoms with Crippen LogP contribution in [0.5, 0.6) is 0 Å². The van der Waals surface area contributed by atoms with Crippen LogP contribution in [0.25, 0.3) is 0 Å². The van der Waals surface area contributed by atoms with Crippen LogP contribution in [0.3, 0.4) is 0 Å². The predicted octanol–water partition coefficient (Wildman–Crippen LogP) is 2.77. The van der Waals surface area contributed by atoms with E-state index in [1.807, 2.05) is 13.0 Å². The van der Waals surface area contributed by atoms with Crippen LogP contribution in [-0.2, 0) is 10.2 Å². The molecule has 0 radical (unpaired) electrons. The maximum absolute atomic E-state index is 11.8. The molecule has 0 spiro atoms. The van der Waals surface area contributed by atoms with Gasteiger partial charge in [-0.25, -0.2) is 0 Å². The summed E-state index contributed by atoms with van der Waals surface area (Å²) in [6.45, 7) is 2.60. The fourth-order valence-corrected chi connectivity index (χ4v) is 3.04. The Kier molecular flexibility index (Phi) is 6.50. The summed E-state index contributed by atoms with van der Waals surface area (Å²) in [5.41, 5.74) is 7.15. The van der Waals surface area contributed by atoms with Gasteiger partial charge in [0.15, 0.2) is 0 Å². The molecule has 0 bridgehead atoms. The summed E-state index contributed by atoms with van der Waals surface area (Å²) >= 11 is 0. The van der Waals surface area contributed by atoms with E-state index in [2.05, 4.69) is 29.6 Å². The maximum atomic E-state index is 11.8. The highest BCUT2D eigenvalue weighted by molar-refractivity contribution is 5.85. The van der Waals surface area contributed by atoms with Crippen LogP contribution < -0.4 is 11.1 Å². The van der Waals surface area contributed by atoms with Crippen LogP contribution in [0, 0.1) is 0 Å². The summed E-state index contributed by atoms with van der Waals surface area (Å²) in [5, 5.41) is 3.08. The lowest BCUT2D eigenvalue weighted by Gasteiger charge is -2.30. The molecule has 0 aromatic heterocycles.